The Morgan fingerprint density at radius 3 is 2.27 bits per heavy atom. The van der Waals surface area contributed by atoms with Gasteiger partial charge in [0.25, 0.3) is 0 Å². The lowest BCUT2D eigenvalue weighted by atomic mass is 10.1. The third-order valence-corrected chi connectivity index (χ3v) is 3.35. The molecule has 0 amide bonds. The number of hydrogen-bond donors (Lipinski definition) is 0. The van der Waals surface area contributed by atoms with E-state index in [-0.39, 0.29) is 12.2 Å². The summed E-state index contributed by atoms with van der Waals surface area (Å²) < 4.78 is 21.6. The molecule has 0 N–H and O–H groups in total. The molecule has 0 heterocycles. The van der Waals surface area contributed by atoms with Crippen molar-refractivity contribution in [3.63, 3.8) is 0 Å². The van der Waals surface area contributed by atoms with Crippen molar-refractivity contribution in [2.24, 2.45) is 0 Å². The second-order valence-corrected chi connectivity index (χ2v) is 5.17. The first kappa shape index (κ1) is 15.2. The second-order valence-electron chi connectivity index (χ2n) is 4.19. The lowest BCUT2D eigenvalue weighted by Gasteiger charge is -2.13. The highest BCUT2D eigenvalue weighted by atomic mass is 31.1. The fourth-order valence-corrected chi connectivity index (χ4v) is 2.19. The summed E-state index contributed by atoms with van der Waals surface area (Å²) in [6.45, 7) is 7.86. The van der Waals surface area contributed by atoms with Gasteiger partial charge < -0.3 is 9.05 Å². The van der Waals surface area contributed by atoms with Crippen molar-refractivity contribution in [3.05, 3.63) is 0 Å². The molecule has 15 heavy (non-hydrogen) atoms. The van der Waals surface area contributed by atoms with Crippen LogP contribution in [0.1, 0.15) is 59.8 Å². The molecule has 3 nitrogen and oxygen atoms in total. The third kappa shape index (κ3) is 10.4. The molecule has 2 unspecified atom stereocenters. The molecule has 0 saturated heterocycles. The van der Waals surface area contributed by atoms with Gasteiger partial charge in [-0.25, -0.2) is 0 Å². The molecule has 4 heteroatoms. The van der Waals surface area contributed by atoms with Gasteiger partial charge in [0, 0.05) is 0 Å². The molecule has 0 rings (SSSR count). The van der Waals surface area contributed by atoms with Crippen LogP contribution in [0.15, 0.2) is 0 Å². The first-order valence-electron chi connectivity index (χ1n) is 5.93. The second kappa shape index (κ2) is 9.38. The van der Waals surface area contributed by atoms with Crippen molar-refractivity contribution in [2.45, 2.75) is 72.0 Å². The minimum absolute atomic E-state index is 0.0244. The van der Waals surface area contributed by atoms with Crippen LogP contribution in [0.3, 0.4) is 0 Å². The highest BCUT2D eigenvalue weighted by Gasteiger charge is 2.08. The van der Waals surface area contributed by atoms with Crippen molar-refractivity contribution >= 4 is 8.25 Å². The van der Waals surface area contributed by atoms with Gasteiger partial charge in [0.1, 0.15) is 0 Å². The molecule has 92 valence electrons. The van der Waals surface area contributed by atoms with Crippen molar-refractivity contribution in [1.82, 2.24) is 0 Å². The molecular weight excluding hydrogens is 211 g/mol. The summed E-state index contributed by atoms with van der Waals surface area (Å²) in [4.78, 5) is 0. The minimum atomic E-state index is -2.28. The summed E-state index contributed by atoms with van der Waals surface area (Å²) in [6, 6.07) is 0. The monoisotopic (exact) mass is 236 g/mol. The van der Waals surface area contributed by atoms with Crippen molar-refractivity contribution in [1.29, 1.82) is 0 Å². The van der Waals surface area contributed by atoms with Crippen molar-refractivity contribution in [3.8, 4) is 0 Å². The Morgan fingerprint density at radius 2 is 1.73 bits per heavy atom. The average Bonchev–Trinajstić information content (AvgIpc) is 2.10. The van der Waals surface area contributed by atoms with Crippen LogP contribution in [-0.2, 0) is 13.6 Å². The first-order valence-corrected chi connectivity index (χ1v) is 7.16. The van der Waals surface area contributed by atoms with Crippen LogP contribution in [0, 0.1) is 0 Å². The highest BCUT2D eigenvalue weighted by molar-refractivity contribution is 7.33. The van der Waals surface area contributed by atoms with Crippen LogP contribution in [-0.4, -0.2) is 12.2 Å². The van der Waals surface area contributed by atoms with Gasteiger partial charge in [0.15, 0.2) is 0 Å². The van der Waals surface area contributed by atoms with E-state index >= 15 is 0 Å². The average molecular weight is 236 g/mol. The largest absolute Gasteiger partial charge is 0.319 e. The number of hydrogen-bond acceptors (Lipinski definition) is 3. The van der Waals surface area contributed by atoms with E-state index in [9.17, 15) is 4.57 Å². The van der Waals surface area contributed by atoms with E-state index in [1.165, 1.54) is 19.3 Å². The SMILES string of the molecule is CCCCCCC(C)O[PH](=O)OC(C)C. The van der Waals surface area contributed by atoms with Crippen LogP contribution in [0.25, 0.3) is 0 Å². The zero-order valence-corrected chi connectivity index (χ0v) is 11.4. The highest BCUT2D eigenvalue weighted by Crippen LogP contribution is 2.29. The Bertz CT molecular complexity index is 171. The van der Waals surface area contributed by atoms with Crippen LogP contribution < -0.4 is 0 Å². The molecule has 0 saturated carbocycles. The predicted octanol–water partition coefficient (Wildman–Crippen LogP) is 4.18. The smallest absolute Gasteiger partial charge is 0.308 e. The Kier molecular flexibility index (Phi) is 9.48. The quantitative estimate of drug-likeness (QED) is 0.445. The van der Waals surface area contributed by atoms with Crippen molar-refractivity contribution < 1.29 is 13.6 Å². The fraction of sp³-hybridized carbons (Fsp3) is 1.00. The molecule has 0 aliphatic heterocycles. The van der Waals surface area contributed by atoms with Gasteiger partial charge >= 0.3 is 8.25 Å². The van der Waals surface area contributed by atoms with Gasteiger partial charge in [0.2, 0.25) is 0 Å². The van der Waals surface area contributed by atoms with E-state index in [0.29, 0.717) is 0 Å². The van der Waals surface area contributed by atoms with Crippen LogP contribution >= 0.6 is 8.25 Å². The maximum Gasteiger partial charge on any atom is 0.319 e. The zero-order chi connectivity index (χ0) is 11.7. The topological polar surface area (TPSA) is 35.5 Å². The molecule has 0 radical (unpaired) electrons. The van der Waals surface area contributed by atoms with Crippen molar-refractivity contribution in [2.75, 3.05) is 0 Å². The Hall–Kier alpha value is 0.150. The lowest BCUT2D eigenvalue weighted by Crippen LogP contribution is -2.05. The molecule has 0 spiro atoms. The Balaban J connectivity index is 3.46. The van der Waals surface area contributed by atoms with E-state index in [2.05, 4.69) is 6.92 Å². The summed E-state index contributed by atoms with van der Waals surface area (Å²) in [5.74, 6) is 0. The van der Waals surface area contributed by atoms with Gasteiger partial charge in [0.05, 0.1) is 12.2 Å². The van der Waals surface area contributed by atoms with Crippen LogP contribution in [0.5, 0.6) is 0 Å². The molecule has 0 aliphatic rings. The Labute approximate surface area is 94.5 Å². The van der Waals surface area contributed by atoms with E-state index in [1.54, 1.807) is 0 Å². The van der Waals surface area contributed by atoms with E-state index in [0.717, 1.165) is 12.8 Å². The van der Waals surface area contributed by atoms with Gasteiger partial charge in [-0.2, -0.15) is 0 Å². The van der Waals surface area contributed by atoms with E-state index < -0.39 is 8.25 Å². The fourth-order valence-electron chi connectivity index (χ4n) is 1.30. The molecule has 0 bridgehead atoms. The maximum absolute atomic E-state index is 11.3. The molecule has 0 aliphatic carbocycles. The van der Waals surface area contributed by atoms with Gasteiger partial charge in [-0.15, -0.1) is 0 Å². The van der Waals surface area contributed by atoms with Gasteiger partial charge in [-0.3, -0.25) is 4.57 Å². The van der Waals surface area contributed by atoms with E-state index in [4.69, 9.17) is 9.05 Å². The molecule has 0 aromatic rings. The van der Waals surface area contributed by atoms with Crippen LogP contribution in [0.2, 0.25) is 0 Å². The molecule has 0 fully saturated rings. The normalized spacial score (nSPS) is 15.5. The standard InChI is InChI=1S/C11H25O3P/c1-5-6-7-8-9-11(4)14-15(12)13-10(2)3/h10-11,15H,5-9H2,1-4H3. The third-order valence-electron chi connectivity index (χ3n) is 2.09. The number of unbranched alkanes of at least 4 members (excludes halogenated alkanes) is 3. The van der Waals surface area contributed by atoms with Gasteiger partial charge in [-0.1, -0.05) is 32.6 Å². The van der Waals surface area contributed by atoms with E-state index in [1.807, 2.05) is 20.8 Å². The molecule has 0 aromatic heterocycles. The Morgan fingerprint density at radius 1 is 1.07 bits per heavy atom. The molecule has 0 aromatic carbocycles. The zero-order valence-electron chi connectivity index (χ0n) is 10.4. The summed E-state index contributed by atoms with van der Waals surface area (Å²) in [7, 11) is -2.28. The van der Waals surface area contributed by atoms with Gasteiger partial charge in [-0.05, 0) is 27.2 Å². The summed E-state index contributed by atoms with van der Waals surface area (Å²) in [5, 5.41) is 0. The maximum atomic E-state index is 11.3. The molecule has 2 atom stereocenters. The first-order chi connectivity index (χ1) is 7.06. The summed E-state index contributed by atoms with van der Waals surface area (Å²) in [5.41, 5.74) is 0. The molecular formula is C11H25O3P. The minimum Gasteiger partial charge on any atom is -0.308 e. The summed E-state index contributed by atoms with van der Waals surface area (Å²) in [6.07, 6.45) is 5.88. The lowest BCUT2D eigenvalue weighted by molar-refractivity contribution is 0.145. The van der Waals surface area contributed by atoms with Crippen LogP contribution in [0.4, 0.5) is 0 Å². The number of rotatable bonds is 9. The summed E-state index contributed by atoms with van der Waals surface area (Å²) >= 11 is 0. The predicted molar refractivity (Wildman–Crippen MR) is 64.5 cm³/mol.